The van der Waals surface area contributed by atoms with E-state index in [1.807, 2.05) is 0 Å². The molecule has 0 N–H and O–H groups in total. The average molecular weight is 819 g/mol. The fraction of sp³-hybridized carbons (Fsp3) is 0.0968. The van der Waals surface area contributed by atoms with E-state index in [2.05, 4.69) is 244 Å². The maximum Gasteiger partial charge on any atom is 0.0468 e. The maximum atomic E-state index is 2.41. The molecule has 0 saturated heterocycles. The first-order valence-electron chi connectivity index (χ1n) is 22.6. The van der Waals surface area contributed by atoms with Crippen molar-refractivity contribution in [3.05, 3.63) is 229 Å². The lowest BCUT2D eigenvalue weighted by molar-refractivity contribution is 0.660. The van der Waals surface area contributed by atoms with E-state index in [4.69, 9.17) is 0 Å². The van der Waals surface area contributed by atoms with E-state index in [9.17, 15) is 0 Å². The monoisotopic (exact) mass is 818 g/mol. The lowest BCUT2D eigenvalue weighted by atomic mass is 9.78. The Hall–Kier alpha value is -7.68. The van der Waals surface area contributed by atoms with Gasteiger partial charge in [0.25, 0.3) is 0 Å². The summed E-state index contributed by atoms with van der Waals surface area (Å²) in [5.41, 5.74) is 23.0. The zero-order valence-corrected chi connectivity index (χ0v) is 36.5. The zero-order chi connectivity index (χ0) is 42.9. The third-order valence-corrected chi connectivity index (χ3v) is 14.7. The molecule has 0 unspecified atom stereocenters. The molecule has 0 radical (unpaired) electrons. The first-order chi connectivity index (χ1) is 31.2. The summed E-state index contributed by atoms with van der Waals surface area (Å²) in [5, 5.41) is 4.97. The van der Waals surface area contributed by atoms with Gasteiger partial charge in [-0.25, -0.2) is 0 Å². The summed E-state index contributed by atoms with van der Waals surface area (Å²) < 4.78 is 0. The molecule has 0 bridgehead atoms. The lowest BCUT2D eigenvalue weighted by Gasteiger charge is -2.29. The average Bonchev–Trinajstić information content (AvgIpc) is 3.70. The summed E-state index contributed by atoms with van der Waals surface area (Å²) in [7, 11) is 0. The van der Waals surface area contributed by atoms with Crippen molar-refractivity contribution in [3.8, 4) is 44.5 Å². The highest BCUT2D eigenvalue weighted by molar-refractivity contribution is 6.12. The van der Waals surface area contributed by atoms with Crippen molar-refractivity contribution in [1.82, 2.24) is 0 Å². The molecule has 0 spiro atoms. The van der Waals surface area contributed by atoms with Crippen molar-refractivity contribution in [3.63, 3.8) is 0 Å². The van der Waals surface area contributed by atoms with Gasteiger partial charge in [-0.15, -0.1) is 0 Å². The van der Waals surface area contributed by atoms with Crippen LogP contribution in [0.25, 0.3) is 66.1 Å². The molecule has 0 atom stereocenters. The number of fused-ring (bicyclic) bond motifs is 12. The Kier molecular flexibility index (Phi) is 7.74. The maximum absolute atomic E-state index is 2.41. The van der Waals surface area contributed by atoms with Crippen LogP contribution in [0.15, 0.2) is 206 Å². The number of para-hydroxylation sites is 2. The van der Waals surface area contributed by atoms with Gasteiger partial charge in [-0.2, -0.15) is 0 Å². The first-order valence-corrected chi connectivity index (χ1v) is 22.6. The van der Waals surface area contributed by atoms with Gasteiger partial charge in [0.15, 0.2) is 0 Å². The molecule has 0 saturated carbocycles. The standard InChI is InChI=1S/C62H46N2/c1-61(2)57-21-13-11-19-49(57)55-37-47(27-29-59(55)61)63(43-15-7-5-8-16-43)45-25-23-39-33-51-52-34-40-24-26-46(32-42(40)36-54(52)53(51)35-41(39)31-45)64(44-17-9-6-10-18-44)48-28-30-60-56(38-48)50-20-12-14-22-58(50)62(60,3)4/h5-38H,1-4H3. The number of anilines is 6. The van der Waals surface area contributed by atoms with Gasteiger partial charge in [-0.05, 0) is 185 Å². The third kappa shape index (κ3) is 5.32. The van der Waals surface area contributed by atoms with Crippen molar-refractivity contribution in [2.24, 2.45) is 0 Å². The number of rotatable bonds is 6. The lowest BCUT2D eigenvalue weighted by Crippen LogP contribution is -2.15. The molecule has 3 aliphatic rings. The fourth-order valence-corrected chi connectivity index (χ4v) is 11.4. The molecule has 304 valence electrons. The minimum atomic E-state index is -0.0373. The second-order valence-corrected chi connectivity index (χ2v) is 19.0. The van der Waals surface area contributed by atoms with Crippen LogP contribution >= 0.6 is 0 Å². The summed E-state index contributed by atoms with van der Waals surface area (Å²) in [5.74, 6) is 0. The molecule has 2 nitrogen and oxygen atoms in total. The molecule has 13 rings (SSSR count). The van der Waals surface area contributed by atoms with Gasteiger partial charge in [0, 0.05) is 45.0 Å². The summed E-state index contributed by atoms with van der Waals surface area (Å²) in [6, 6.07) is 77.0. The largest absolute Gasteiger partial charge is 0.310 e. The number of hydrogen-bond acceptors (Lipinski definition) is 2. The Morgan fingerprint density at radius 1 is 0.234 bits per heavy atom. The predicted octanol–water partition coefficient (Wildman–Crippen LogP) is 17.2. The molecule has 0 fully saturated rings. The van der Waals surface area contributed by atoms with Crippen molar-refractivity contribution in [1.29, 1.82) is 0 Å². The van der Waals surface area contributed by atoms with Crippen molar-refractivity contribution in [2.45, 2.75) is 38.5 Å². The third-order valence-electron chi connectivity index (χ3n) is 14.7. The van der Waals surface area contributed by atoms with Crippen LogP contribution < -0.4 is 9.80 Å². The number of benzene rings is 10. The van der Waals surface area contributed by atoms with E-state index in [0.29, 0.717) is 0 Å². The van der Waals surface area contributed by atoms with E-state index < -0.39 is 0 Å². The second-order valence-electron chi connectivity index (χ2n) is 19.0. The molecule has 3 aliphatic carbocycles. The first kappa shape index (κ1) is 36.9. The second kappa shape index (κ2) is 13.4. The van der Waals surface area contributed by atoms with Gasteiger partial charge in [0.1, 0.15) is 0 Å². The van der Waals surface area contributed by atoms with Crippen LogP contribution in [0.3, 0.4) is 0 Å². The Labute approximate surface area is 375 Å². The molecule has 0 heterocycles. The van der Waals surface area contributed by atoms with Crippen LogP contribution in [0, 0.1) is 0 Å². The minimum Gasteiger partial charge on any atom is -0.310 e. The molecule has 10 aromatic carbocycles. The van der Waals surface area contributed by atoms with Crippen LogP contribution in [0.1, 0.15) is 49.9 Å². The van der Waals surface area contributed by atoms with E-state index >= 15 is 0 Å². The van der Waals surface area contributed by atoms with Crippen molar-refractivity contribution < 1.29 is 0 Å². The van der Waals surface area contributed by atoms with Gasteiger partial charge < -0.3 is 9.80 Å². The Balaban J connectivity index is 0.894. The van der Waals surface area contributed by atoms with Crippen LogP contribution in [0.2, 0.25) is 0 Å². The minimum absolute atomic E-state index is 0.0373. The number of hydrogen-bond donors (Lipinski definition) is 0. The zero-order valence-electron chi connectivity index (χ0n) is 36.5. The van der Waals surface area contributed by atoms with Crippen molar-refractivity contribution >= 4 is 55.7 Å². The van der Waals surface area contributed by atoms with Crippen molar-refractivity contribution in [2.75, 3.05) is 9.80 Å². The van der Waals surface area contributed by atoms with E-state index in [1.165, 1.54) is 88.3 Å². The van der Waals surface area contributed by atoms with Crippen LogP contribution in [0.5, 0.6) is 0 Å². The van der Waals surface area contributed by atoms with Crippen LogP contribution in [-0.4, -0.2) is 0 Å². The molecule has 0 aliphatic heterocycles. The Morgan fingerprint density at radius 2 is 0.562 bits per heavy atom. The molecule has 0 amide bonds. The topological polar surface area (TPSA) is 6.48 Å². The molecule has 0 aromatic heterocycles. The number of nitrogens with zero attached hydrogens (tertiary/aromatic N) is 2. The van der Waals surface area contributed by atoms with E-state index in [0.717, 1.165) is 34.1 Å². The Bertz CT molecular complexity index is 3320. The van der Waals surface area contributed by atoms with Crippen LogP contribution in [-0.2, 0) is 10.8 Å². The van der Waals surface area contributed by atoms with Gasteiger partial charge in [0.2, 0.25) is 0 Å². The van der Waals surface area contributed by atoms with E-state index in [1.54, 1.807) is 0 Å². The van der Waals surface area contributed by atoms with Crippen LogP contribution in [0.4, 0.5) is 34.1 Å². The normalized spacial score (nSPS) is 14.2. The highest BCUT2D eigenvalue weighted by Crippen LogP contribution is 2.54. The highest BCUT2D eigenvalue weighted by Gasteiger charge is 2.37. The molecule has 10 aromatic rings. The summed E-state index contributed by atoms with van der Waals surface area (Å²) >= 11 is 0. The van der Waals surface area contributed by atoms with Gasteiger partial charge in [0.05, 0.1) is 0 Å². The predicted molar refractivity (Wildman–Crippen MR) is 270 cm³/mol. The molecule has 64 heavy (non-hydrogen) atoms. The van der Waals surface area contributed by atoms with E-state index in [-0.39, 0.29) is 10.8 Å². The van der Waals surface area contributed by atoms with Gasteiger partial charge in [-0.3, -0.25) is 0 Å². The van der Waals surface area contributed by atoms with Gasteiger partial charge in [-0.1, -0.05) is 137 Å². The summed E-state index contributed by atoms with van der Waals surface area (Å²) in [6.45, 7) is 9.39. The fourth-order valence-electron chi connectivity index (χ4n) is 11.4. The quantitative estimate of drug-likeness (QED) is 0.165. The highest BCUT2D eigenvalue weighted by atomic mass is 15.1. The SMILES string of the molecule is CC1(C)c2ccccc2-c2cc(N(c3ccccc3)c3ccc4cc5c(cc4c3)-c3cc4cc(N(c6ccccc6)c6ccc7c(c6)-c6ccccc6C7(C)C)ccc4cc3-5)ccc21. The molecular formula is C62H46N2. The molecule has 2 heteroatoms. The molecular weight excluding hydrogens is 773 g/mol. The Morgan fingerprint density at radius 3 is 0.984 bits per heavy atom. The van der Waals surface area contributed by atoms with Gasteiger partial charge >= 0.3 is 0 Å². The summed E-state index contributed by atoms with van der Waals surface area (Å²) in [6.07, 6.45) is 0. The summed E-state index contributed by atoms with van der Waals surface area (Å²) in [4.78, 5) is 4.82. The smallest absolute Gasteiger partial charge is 0.0468 e.